The van der Waals surface area contributed by atoms with Gasteiger partial charge in [-0.1, -0.05) is 49.2 Å². The quantitative estimate of drug-likeness (QED) is 0.232. The summed E-state index contributed by atoms with van der Waals surface area (Å²) in [6.07, 6.45) is -2.08. The Morgan fingerprint density at radius 1 is 1.07 bits per heavy atom. The smallest absolute Gasteiger partial charge is 0.393 e. The molecule has 210 valence electrons. The Kier molecular flexibility index (Phi) is 8.25. The average molecular weight is 570 g/mol. The van der Waals surface area contributed by atoms with E-state index in [1.165, 1.54) is 11.3 Å². The number of aliphatic carboxylic acids is 1. The molecule has 1 aliphatic carbocycles. The molecule has 2 unspecified atom stereocenters. The van der Waals surface area contributed by atoms with Crippen LogP contribution in [0.4, 0.5) is 13.2 Å². The summed E-state index contributed by atoms with van der Waals surface area (Å²) in [4.78, 5) is 30.4. The van der Waals surface area contributed by atoms with E-state index in [1.807, 2.05) is 47.8 Å². The first kappa shape index (κ1) is 27.9. The molecule has 1 aliphatic rings. The van der Waals surface area contributed by atoms with Crippen LogP contribution in [0.15, 0.2) is 66.0 Å². The molecule has 4 aromatic rings. The molecule has 2 aromatic carbocycles. The third kappa shape index (κ3) is 6.38. The summed E-state index contributed by atoms with van der Waals surface area (Å²) >= 11 is 1.52. The van der Waals surface area contributed by atoms with E-state index in [0.29, 0.717) is 49.0 Å². The van der Waals surface area contributed by atoms with E-state index < -0.39 is 36.1 Å². The number of carboxylic acids is 1. The molecular weight excluding hydrogens is 539 g/mol. The van der Waals surface area contributed by atoms with E-state index in [1.54, 1.807) is 22.8 Å². The van der Waals surface area contributed by atoms with Crippen LogP contribution in [-0.4, -0.2) is 38.8 Å². The minimum Gasteiger partial charge on any atom is -0.481 e. The van der Waals surface area contributed by atoms with Crippen molar-refractivity contribution in [3.05, 3.63) is 87.9 Å². The second kappa shape index (κ2) is 11.8. The number of hydrogen-bond acceptors (Lipinski definition) is 4. The highest BCUT2D eigenvalue weighted by Gasteiger charge is 2.47. The Balaban J connectivity index is 1.48. The summed E-state index contributed by atoms with van der Waals surface area (Å²) in [6, 6.07) is 16.6. The second-order valence-corrected chi connectivity index (χ2v) is 11.3. The fourth-order valence-corrected chi connectivity index (χ4v) is 6.41. The van der Waals surface area contributed by atoms with Crippen LogP contribution in [0.5, 0.6) is 0 Å². The molecular formula is C30H30F3N3O3S. The van der Waals surface area contributed by atoms with Gasteiger partial charge in [0.05, 0.1) is 23.4 Å². The van der Waals surface area contributed by atoms with E-state index >= 15 is 0 Å². The molecule has 0 aliphatic heterocycles. The molecule has 2 N–H and O–H groups in total. The minimum atomic E-state index is -4.32. The van der Waals surface area contributed by atoms with Crippen LogP contribution in [0.2, 0.25) is 0 Å². The van der Waals surface area contributed by atoms with Crippen LogP contribution in [0, 0.1) is 5.92 Å². The summed E-state index contributed by atoms with van der Waals surface area (Å²) in [7, 11) is 0. The van der Waals surface area contributed by atoms with Gasteiger partial charge < -0.3 is 15.0 Å². The van der Waals surface area contributed by atoms with Crippen molar-refractivity contribution in [3.63, 3.8) is 0 Å². The van der Waals surface area contributed by atoms with E-state index in [9.17, 15) is 27.9 Å². The number of hydrogen-bond donors (Lipinski definition) is 2. The lowest BCUT2D eigenvalue weighted by atomic mass is 9.83. The molecule has 6 nitrogen and oxygen atoms in total. The molecule has 2 aromatic heterocycles. The van der Waals surface area contributed by atoms with Gasteiger partial charge in [-0.3, -0.25) is 9.59 Å². The lowest BCUT2D eigenvalue weighted by Crippen LogP contribution is -2.38. The molecule has 10 heteroatoms. The maximum atomic E-state index is 14.1. The van der Waals surface area contributed by atoms with E-state index in [2.05, 4.69) is 5.32 Å². The number of aromatic nitrogens is 2. The van der Waals surface area contributed by atoms with Gasteiger partial charge in [-0.15, -0.1) is 11.3 Å². The van der Waals surface area contributed by atoms with E-state index in [-0.39, 0.29) is 18.4 Å². The highest BCUT2D eigenvalue weighted by atomic mass is 32.1. The van der Waals surface area contributed by atoms with E-state index in [0.717, 1.165) is 10.4 Å². The Labute approximate surface area is 233 Å². The Morgan fingerprint density at radius 2 is 1.85 bits per heavy atom. The average Bonchev–Trinajstić information content (AvgIpc) is 3.55. The van der Waals surface area contributed by atoms with Crippen LogP contribution < -0.4 is 5.32 Å². The Bertz CT molecular complexity index is 1470. The SMILES string of the molecule is O=C(O)C[C@H](Cc1ccccc1)NC(=O)c1ccc2c(c1)nc(Cc1cccs1)n2C1CCCCC1C(F)(F)F. The van der Waals surface area contributed by atoms with Gasteiger partial charge in [0, 0.05) is 28.9 Å². The number of rotatable bonds is 9. The molecule has 1 amide bonds. The summed E-state index contributed by atoms with van der Waals surface area (Å²) in [5, 5.41) is 14.1. The maximum absolute atomic E-state index is 14.1. The predicted molar refractivity (Wildman–Crippen MR) is 148 cm³/mol. The van der Waals surface area contributed by atoms with Crippen molar-refractivity contribution in [1.82, 2.24) is 14.9 Å². The number of nitrogens with zero attached hydrogens (tertiary/aromatic N) is 2. The highest BCUT2D eigenvalue weighted by molar-refractivity contribution is 7.09. The van der Waals surface area contributed by atoms with Gasteiger partial charge in [-0.2, -0.15) is 13.2 Å². The van der Waals surface area contributed by atoms with Gasteiger partial charge in [0.25, 0.3) is 5.91 Å². The topological polar surface area (TPSA) is 84.2 Å². The first-order chi connectivity index (χ1) is 19.2. The summed E-state index contributed by atoms with van der Waals surface area (Å²) in [6.45, 7) is 0. The van der Waals surface area contributed by atoms with Crippen LogP contribution >= 0.6 is 11.3 Å². The van der Waals surface area contributed by atoms with Crippen LogP contribution in [0.25, 0.3) is 11.0 Å². The molecule has 2 heterocycles. The van der Waals surface area contributed by atoms with Crippen molar-refractivity contribution in [2.75, 3.05) is 0 Å². The third-order valence-corrected chi connectivity index (χ3v) is 8.38. The fraction of sp³-hybridized carbons (Fsp3) is 0.367. The summed E-state index contributed by atoms with van der Waals surface area (Å²) < 4.78 is 44.1. The number of nitrogens with one attached hydrogen (secondary N) is 1. The van der Waals surface area contributed by atoms with Crippen LogP contribution in [-0.2, 0) is 17.6 Å². The normalized spacial score (nSPS) is 18.5. The molecule has 40 heavy (non-hydrogen) atoms. The first-order valence-corrected chi connectivity index (χ1v) is 14.2. The molecule has 0 radical (unpaired) electrons. The largest absolute Gasteiger partial charge is 0.481 e. The number of alkyl halides is 3. The number of amides is 1. The number of benzene rings is 2. The van der Waals surface area contributed by atoms with Gasteiger partial charge in [-0.25, -0.2) is 4.98 Å². The third-order valence-electron chi connectivity index (χ3n) is 7.50. The Morgan fingerprint density at radius 3 is 2.55 bits per heavy atom. The molecule has 0 saturated heterocycles. The van der Waals surface area contributed by atoms with Crippen molar-refractivity contribution in [1.29, 1.82) is 0 Å². The predicted octanol–water partition coefficient (Wildman–Crippen LogP) is 6.80. The van der Waals surface area contributed by atoms with E-state index in [4.69, 9.17) is 4.98 Å². The second-order valence-electron chi connectivity index (χ2n) is 10.3. The van der Waals surface area contributed by atoms with Gasteiger partial charge in [0.1, 0.15) is 5.82 Å². The number of carboxylic acid groups (broad SMARTS) is 1. The zero-order chi connectivity index (χ0) is 28.3. The number of carbonyl (C=O) groups excluding carboxylic acids is 1. The molecule has 0 bridgehead atoms. The summed E-state index contributed by atoms with van der Waals surface area (Å²) in [5.41, 5.74) is 2.19. The van der Waals surface area contributed by atoms with Crippen molar-refractivity contribution in [3.8, 4) is 0 Å². The van der Waals surface area contributed by atoms with Crippen molar-refractivity contribution < 1.29 is 27.9 Å². The zero-order valence-corrected chi connectivity index (χ0v) is 22.5. The maximum Gasteiger partial charge on any atom is 0.393 e. The first-order valence-electron chi connectivity index (χ1n) is 13.4. The number of fused-ring (bicyclic) bond motifs is 1. The Hall–Kier alpha value is -3.66. The van der Waals surface area contributed by atoms with Crippen molar-refractivity contribution in [2.45, 2.75) is 63.2 Å². The summed E-state index contributed by atoms with van der Waals surface area (Å²) in [5.74, 6) is -2.40. The number of imidazole rings is 1. The van der Waals surface area contributed by atoms with Crippen LogP contribution in [0.1, 0.15) is 64.8 Å². The van der Waals surface area contributed by atoms with Crippen molar-refractivity contribution in [2.24, 2.45) is 5.92 Å². The number of carbonyl (C=O) groups is 2. The zero-order valence-electron chi connectivity index (χ0n) is 21.7. The minimum absolute atomic E-state index is 0.0825. The van der Waals surface area contributed by atoms with Gasteiger partial charge in [-0.05, 0) is 54.5 Å². The highest BCUT2D eigenvalue weighted by Crippen LogP contribution is 2.45. The molecule has 1 saturated carbocycles. The molecule has 3 atom stereocenters. The molecule has 5 rings (SSSR count). The van der Waals surface area contributed by atoms with Gasteiger partial charge in [0.15, 0.2) is 0 Å². The standard InChI is InChI=1S/C30H30F3N3O3S/c31-30(32,33)23-10-4-5-11-25(23)36-26-13-12-20(16-24(26)35-27(36)18-22-9-6-14-40-22)29(39)34-21(17-28(37)38)15-19-7-2-1-3-8-19/h1-3,6-9,12-14,16,21,23,25H,4-5,10-11,15,17-18H2,(H,34,39)(H,37,38)/t21-,23?,25?/m0/s1. The lowest BCUT2D eigenvalue weighted by Gasteiger charge is -2.35. The van der Waals surface area contributed by atoms with Gasteiger partial charge in [0.2, 0.25) is 0 Å². The molecule has 0 spiro atoms. The molecule has 1 fully saturated rings. The monoisotopic (exact) mass is 569 g/mol. The number of thiophene rings is 1. The number of halogens is 3. The van der Waals surface area contributed by atoms with Crippen molar-refractivity contribution >= 4 is 34.2 Å². The van der Waals surface area contributed by atoms with Crippen LogP contribution in [0.3, 0.4) is 0 Å². The fourth-order valence-electron chi connectivity index (χ4n) is 5.71. The lowest BCUT2D eigenvalue weighted by molar-refractivity contribution is -0.193. The van der Waals surface area contributed by atoms with Gasteiger partial charge >= 0.3 is 12.1 Å².